The number of nitrogens with one attached hydrogen (secondary N) is 1. The average molecular weight is 490 g/mol. The Kier molecular flexibility index (Phi) is 12.3. The Morgan fingerprint density at radius 1 is 0.972 bits per heavy atom. The Balaban J connectivity index is 0.000000280. The second kappa shape index (κ2) is 15.4. The first-order chi connectivity index (χ1) is 17.5. The van der Waals surface area contributed by atoms with Gasteiger partial charge in [0, 0.05) is 7.47 Å². The van der Waals surface area contributed by atoms with Crippen LogP contribution in [0.3, 0.4) is 0 Å². The Bertz CT molecular complexity index is 894. The van der Waals surface area contributed by atoms with Crippen LogP contribution < -0.4 is 5.32 Å². The topological polar surface area (TPSA) is 12.0 Å². The van der Waals surface area contributed by atoms with Crippen LogP contribution in [0.1, 0.15) is 121 Å². The molecule has 2 aromatic rings. The summed E-state index contributed by atoms with van der Waals surface area (Å²) in [5.41, 5.74) is 7.01. The van der Waals surface area contributed by atoms with Gasteiger partial charge in [-0.05, 0) is 77.8 Å². The van der Waals surface area contributed by atoms with E-state index < -0.39 is 0 Å². The van der Waals surface area contributed by atoms with Crippen molar-refractivity contribution in [3.8, 4) is 0 Å². The first-order valence-electron chi connectivity index (χ1n) is 15.1. The van der Waals surface area contributed by atoms with Crippen molar-refractivity contribution in [1.29, 1.82) is 0 Å². The molecule has 4 rings (SSSR count). The van der Waals surface area contributed by atoms with Gasteiger partial charge in [0.05, 0.1) is 0 Å². The molecule has 2 unspecified atom stereocenters. The molecule has 2 aliphatic rings. The van der Waals surface area contributed by atoms with Gasteiger partial charge >= 0.3 is 0 Å². The van der Waals surface area contributed by atoms with E-state index >= 15 is 0 Å². The summed E-state index contributed by atoms with van der Waals surface area (Å²) in [5, 5.41) is 3.68. The fraction of sp³-hybridized carbons (Fsp3) is 0.600. The van der Waals surface area contributed by atoms with Gasteiger partial charge in [0.25, 0.3) is 0 Å². The van der Waals surface area contributed by atoms with Crippen LogP contribution in [0.2, 0.25) is 0 Å². The van der Waals surface area contributed by atoms with Gasteiger partial charge < -0.3 is 5.32 Å². The largest absolute Gasteiger partial charge is 0.309 e. The number of fused-ring (bicyclic) bond motifs is 1. The molecule has 0 saturated heterocycles. The minimum atomic E-state index is 0. The van der Waals surface area contributed by atoms with Gasteiger partial charge in [-0.25, -0.2) is 0 Å². The molecule has 1 nitrogen and oxygen atoms in total. The molecule has 0 bridgehead atoms. The summed E-state index contributed by atoms with van der Waals surface area (Å²) in [7, 11) is 0. The van der Waals surface area contributed by atoms with Gasteiger partial charge in [-0.1, -0.05) is 134 Å². The molecule has 2 atom stereocenters. The van der Waals surface area contributed by atoms with Crippen LogP contribution in [-0.4, -0.2) is 6.54 Å². The molecule has 36 heavy (non-hydrogen) atoms. The Labute approximate surface area is 224 Å². The van der Waals surface area contributed by atoms with E-state index in [2.05, 4.69) is 82.1 Å². The normalized spacial score (nSPS) is 18.8. The van der Waals surface area contributed by atoms with E-state index in [1.807, 2.05) is 6.08 Å². The lowest BCUT2D eigenvalue weighted by Gasteiger charge is -2.31. The standard InChI is InChI=1S/C21H25N.C14H28.H2/c1-3-5-17-6-8-18(9-7-17)15-21-20-11-10-16(4-2)14-19(20)12-13-22-21;1-4-8-14(11-12(2)3)13-9-6-5-7-10-13;/h4,6-11,14,21-22H,2-3,5,12-13,15H2,1H3;12-14H,4-11H2,1-3H3;1H. The zero-order valence-electron chi connectivity index (χ0n) is 23.8. The second-order valence-corrected chi connectivity index (χ2v) is 11.8. The molecule has 1 N–H and O–H groups in total. The Morgan fingerprint density at radius 2 is 1.69 bits per heavy atom. The molecule has 1 saturated carbocycles. The predicted molar refractivity (Wildman–Crippen MR) is 162 cm³/mol. The highest BCUT2D eigenvalue weighted by Gasteiger charge is 2.23. The monoisotopic (exact) mass is 489 g/mol. The average Bonchev–Trinajstić information content (AvgIpc) is 2.90. The van der Waals surface area contributed by atoms with Crippen LogP contribution >= 0.6 is 0 Å². The van der Waals surface area contributed by atoms with Crippen molar-refractivity contribution >= 4 is 6.08 Å². The first-order valence-corrected chi connectivity index (χ1v) is 15.1. The molecule has 0 spiro atoms. The summed E-state index contributed by atoms with van der Waals surface area (Å²) < 4.78 is 0. The van der Waals surface area contributed by atoms with E-state index in [1.165, 1.54) is 92.0 Å². The number of hydrogen-bond acceptors (Lipinski definition) is 1. The molecule has 1 heteroatoms. The zero-order valence-corrected chi connectivity index (χ0v) is 23.8. The number of hydrogen-bond donors (Lipinski definition) is 1. The quantitative estimate of drug-likeness (QED) is 0.350. The van der Waals surface area contributed by atoms with Crippen LogP contribution in [0.25, 0.3) is 6.08 Å². The van der Waals surface area contributed by atoms with Crippen LogP contribution in [-0.2, 0) is 19.3 Å². The highest BCUT2D eigenvalue weighted by Crippen LogP contribution is 2.35. The number of benzene rings is 2. The van der Waals surface area contributed by atoms with E-state index in [1.54, 1.807) is 0 Å². The minimum absolute atomic E-state index is 0. The molecular weight excluding hydrogens is 434 g/mol. The molecule has 0 radical (unpaired) electrons. The van der Waals surface area contributed by atoms with Crippen molar-refractivity contribution in [1.82, 2.24) is 5.32 Å². The van der Waals surface area contributed by atoms with Gasteiger partial charge in [-0.15, -0.1) is 0 Å². The molecule has 0 amide bonds. The third-order valence-electron chi connectivity index (χ3n) is 8.31. The molecular formula is C35H55N. The molecule has 0 aromatic heterocycles. The summed E-state index contributed by atoms with van der Waals surface area (Å²) in [5.74, 6) is 3.01. The van der Waals surface area contributed by atoms with Gasteiger partial charge in [0.2, 0.25) is 0 Å². The maximum absolute atomic E-state index is 3.87. The summed E-state index contributed by atoms with van der Waals surface area (Å²) in [6.07, 6.45) is 18.4. The van der Waals surface area contributed by atoms with Crippen molar-refractivity contribution in [2.45, 2.75) is 111 Å². The lowest BCUT2D eigenvalue weighted by atomic mass is 9.75. The first kappa shape index (κ1) is 28.7. The predicted octanol–water partition coefficient (Wildman–Crippen LogP) is 9.99. The minimum Gasteiger partial charge on any atom is -0.309 e. The number of aryl methyl sites for hydroxylation is 1. The number of rotatable bonds is 10. The molecule has 1 heterocycles. The summed E-state index contributed by atoms with van der Waals surface area (Å²) in [6, 6.07) is 16.3. The van der Waals surface area contributed by atoms with Crippen LogP contribution in [0.4, 0.5) is 0 Å². The van der Waals surface area contributed by atoms with Crippen molar-refractivity contribution in [3.63, 3.8) is 0 Å². The lowest BCUT2D eigenvalue weighted by molar-refractivity contribution is 0.205. The van der Waals surface area contributed by atoms with Gasteiger partial charge in [0.15, 0.2) is 0 Å². The Hall–Kier alpha value is -1.86. The van der Waals surface area contributed by atoms with E-state index in [-0.39, 0.29) is 1.43 Å². The molecule has 1 aliphatic carbocycles. The summed E-state index contributed by atoms with van der Waals surface area (Å²) >= 11 is 0. The smallest absolute Gasteiger partial charge is 0.0363 e. The maximum atomic E-state index is 3.87. The van der Waals surface area contributed by atoms with E-state index in [9.17, 15) is 0 Å². The van der Waals surface area contributed by atoms with Gasteiger partial charge in [0.1, 0.15) is 0 Å². The SMILES string of the molecule is C=Cc1ccc2c(c1)CCNC2Cc1ccc(CCC)cc1.CCCC(CC(C)C)C1CCCCC1.[HH]. The summed E-state index contributed by atoms with van der Waals surface area (Å²) in [4.78, 5) is 0. The molecule has 2 aromatic carbocycles. The van der Waals surface area contributed by atoms with E-state index in [0.717, 1.165) is 37.1 Å². The highest BCUT2D eigenvalue weighted by atomic mass is 14.9. The molecule has 1 fully saturated rings. The van der Waals surface area contributed by atoms with Crippen molar-refractivity contribution < 1.29 is 1.43 Å². The van der Waals surface area contributed by atoms with Crippen molar-refractivity contribution in [2.24, 2.45) is 17.8 Å². The van der Waals surface area contributed by atoms with Crippen molar-refractivity contribution in [2.75, 3.05) is 6.54 Å². The summed E-state index contributed by atoms with van der Waals surface area (Å²) in [6.45, 7) is 14.3. The van der Waals surface area contributed by atoms with Crippen LogP contribution in [0.5, 0.6) is 0 Å². The molecule has 1 aliphatic heterocycles. The fourth-order valence-corrected chi connectivity index (χ4v) is 6.48. The van der Waals surface area contributed by atoms with E-state index in [0.29, 0.717) is 6.04 Å². The van der Waals surface area contributed by atoms with Crippen molar-refractivity contribution in [3.05, 3.63) is 76.9 Å². The Morgan fingerprint density at radius 3 is 2.33 bits per heavy atom. The third kappa shape index (κ3) is 8.91. The highest BCUT2D eigenvalue weighted by molar-refractivity contribution is 5.51. The van der Waals surface area contributed by atoms with Crippen LogP contribution in [0.15, 0.2) is 49.0 Å². The maximum Gasteiger partial charge on any atom is 0.0363 e. The lowest BCUT2D eigenvalue weighted by Crippen LogP contribution is -2.31. The van der Waals surface area contributed by atoms with Gasteiger partial charge in [-0.2, -0.15) is 0 Å². The fourth-order valence-electron chi connectivity index (χ4n) is 6.48. The molecule has 200 valence electrons. The third-order valence-corrected chi connectivity index (χ3v) is 8.31. The van der Waals surface area contributed by atoms with Gasteiger partial charge in [-0.3, -0.25) is 0 Å². The second-order valence-electron chi connectivity index (χ2n) is 11.8. The van der Waals surface area contributed by atoms with Crippen LogP contribution in [0, 0.1) is 17.8 Å². The zero-order chi connectivity index (χ0) is 25.8. The van der Waals surface area contributed by atoms with E-state index in [4.69, 9.17) is 0 Å².